The van der Waals surface area contributed by atoms with Crippen molar-refractivity contribution in [3.63, 3.8) is 0 Å². The number of hydrogen-bond acceptors (Lipinski definition) is 4. The molecular formula is C15H20F2N2O3S. The van der Waals surface area contributed by atoms with Gasteiger partial charge in [0.2, 0.25) is 15.7 Å². The number of sulfone groups is 1. The zero-order valence-corrected chi connectivity index (χ0v) is 13.7. The number of alkyl halides is 2. The average molecular weight is 346 g/mol. The summed E-state index contributed by atoms with van der Waals surface area (Å²) >= 11 is 0. The SMILES string of the molecule is CC1(CN)CCN(C(=O)Cc2ccc(S(=O)(=O)C(F)F)cc2)C1. The second-order valence-corrected chi connectivity index (χ2v) is 8.12. The summed E-state index contributed by atoms with van der Waals surface area (Å²) in [6.07, 6.45) is 0.955. The second-order valence-electron chi connectivity index (χ2n) is 6.21. The maximum Gasteiger partial charge on any atom is 0.341 e. The van der Waals surface area contributed by atoms with E-state index in [0.717, 1.165) is 18.6 Å². The summed E-state index contributed by atoms with van der Waals surface area (Å²) in [6.45, 7) is 3.78. The molecule has 2 rings (SSSR count). The van der Waals surface area contributed by atoms with Gasteiger partial charge in [-0.1, -0.05) is 19.1 Å². The van der Waals surface area contributed by atoms with Crippen LogP contribution in [0.15, 0.2) is 29.2 Å². The van der Waals surface area contributed by atoms with Crippen LogP contribution in [0.2, 0.25) is 0 Å². The average Bonchev–Trinajstić information content (AvgIpc) is 2.91. The highest BCUT2D eigenvalue weighted by Crippen LogP contribution is 2.29. The number of carbonyl (C=O) groups excluding carboxylic acids is 1. The predicted molar refractivity (Wildman–Crippen MR) is 81.7 cm³/mol. The summed E-state index contributed by atoms with van der Waals surface area (Å²) in [4.78, 5) is 13.5. The minimum atomic E-state index is -4.60. The van der Waals surface area contributed by atoms with Crippen molar-refractivity contribution >= 4 is 15.7 Å². The fourth-order valence-corrected chi connectivity index (χ4v) is 3.31. The lowest BCUT2D eigenvalue weighted by Crippen LogP contribution is -2.35. The Morgan fingerprint density at radius 2 is 1.96 bits per heavy atom. The van der Waals surface area contributed by atoms with Gasteiger partial charge in [-0.05, 0) is 36.1 Å². The first kappa shape index (κ1) is 17.8. The van der Waals surface area contributed by atoms with Gasteiger partial charge >= 0.3 is 5.76 Å². The molecule has 1 atom stereocenters. The van der Waals surface area contributed by atoms with E-state index in [1.54, 1.807) is 4.90 Å². The number of amides is 1. The molecule has 0 aliphatic carbocycles. The van der Waals surface area contributed by atoms with E-state index >= 15 is 0 Å². The van der Waals surface area contributed by atoms with Crippen molar-refractivity contribution in [2.24, 2.45) is 11.1 Å². The van der Waals surface area contributed by atoms with Crippen LogP contribution in [0, 0.1) is 5.41 Å². The molecule has 23 heavy (non-hydrogen) atoms. The molecule has 0 aromatic heterocycles. The Bertz CT molecular complexity index is 676. The molecule has 0 saturated carbocycles. The normalized spacial score (nSPS) is 21.9. The molecule has 0 bridgehead atoms. The first-order valence-electron chi connectivity index (χ1n) is 7.27. The fraction of sp³-hybridized carbons (Fsp3) is 0.533. The quantitative estimate of drug-likeness (QED) is 0.874. The van der Waals surface area contributed by atoms with Crippen molar-refractivity contribution in [2.45, 2.75) is 30.4 Å². The minimum Gasteiger partial charge on any atom is -0.342 e. The van der Waals surface area contributed by atoms with Gasteiger partial charge in [-0.25, -0.2) is 8.42 Å². The smallest absolute Gasteiger partial charge is 0.341 e. The number of carbonyl (C=O) groups is 1. The van der Waals surface area contributed by atoms with E-state index in [-0.39, 0.29) is 17.7 Å². The predicted octanol–water partition coefficient (Wildman–Crippen LogP) is 1.42. The van der Waals surface area contributed by atoms with Gasteiger partial charge in [-0.2, -0.15) is 8.78 Å². The number of rotatable bonds is 5. The molecule has 0 radical (unpaired) electrons. The summed E-state index contributed by atoms with van der Waals surface area (Å²) < 4.78 is 47.6. The highest BCUT2D eigenvalue weighted by Gasteiger charge is 2.34. The highest BCUT2D eigenvalue weighted by molar-refractivity contribution is 7.91. The van der Waals surface area contributed by atoms with E-state index < -0.39 is 20.5 Å². The van der Waals surface area contributed by atoms with Crippen LogP contribution in [0.4, 0.5) is 8.78 Å². The largest absolute Gasteiger partial charge is 0.342 e. The van der Waals surface area contributed by atoms with Gasteiger partial charge in [-0.15, -0.1) is 0 Å². The standard InChI is InChI=1S/C15H20F2N2O3S/c1-15(9-18)6-7-19(10-15)13(20)8-11-2-4-12(5-3-11)23(21,22)14(16)17/h2-5,14H,6-10,18H2,1H3. The third-order valence-corrected chi connectivity index (χ3v) is 5.64. The van der Waals surface area contributed by atoms with Crippen LogP contribution in [0.25, 0.3) is 0 Å². The zero-order valence-electron chi connectivity index (χ0n) is 12.8. The Kier molecular flexibility index (Phi) is 5.05. The molecule has 1 heterocycles. The molecule has 5 nitrogen and oxygen atoms in total. The molecule has 8 heteroatoms. The number of halogens is 2. The third kappa shape index (κ3) is 3.87. The van der Waals surface area contributed by atoms with Crippen molar-refractivity contribution in [2.75, 3.05) is 19.6 Å². The van der Waals surface area contributed by atoms with Crippen LogP contribution in [0.5, 0.6) is 0 Å². The zero-order chi connectivity index (χ0) is 17.3. The molecule has 2 N–H and O–H groups in total. The first-order valence-corrected chi connectivity index (χ1v) is 8.81. The lowest BCUT2D eigenvalue weighted by atomic mass is 9.90. The van der Waals surface area contributed by atoms with E-state index in [1.165, 1.54) is 12.1 Å². The Morgan fingerprint density at radius 1 is 1.35 bits per heavy atom. The van der Waals surface area contributed by atoms with Gasteiger partial charge < -0.3 is 10.6 Å². The van der Waals surface area contributed by atoms with E-state index in [2.05, 4.69) is 0 Å². The number of benzene rings is 1. The van der Waals surface area contributed by atoms with Crippen LogP contribution < -0.4 is 5.73 Å². The Hall–Kier alpha value is -1.54. The van der Waals surface area contributed by atoms with Crippen LogP contribution in [0.1, 0.15) is 18.9 Å². The maximum atomic E-state index is 12.5. The summed E-state index contributed by atoms with van der Waals surface area (Å²) in [5, 5.41) is 0. The molecule has 1 aliphatic heterocycles. The summed E-state index contributed by atoms with van der Waals surface area (Å²) in [5.41, 5.74) is 6.23. The second kappa shape index (κ2) is 6.52. The summed E-state index contributed by atoms with van der Waals surface area (Å²) in [6, 6.07) is 5.01. The van der Waals surface area contributed by atoms with Gasteiger partial charge in [0, 0.05) is 13.1 Å². The third-order valence-electron chi connectivity index (χ3n) is 4.25. The van der Waals surface area contributed by atoms with E-state index in [0.29, 0.717) is 25.2 Å². The fourth-order valence-electron chi connectivity index (χ4n) is 2.59. The van der Waals surface area contributed by atoms with Crippen LogP contribution in [-0.2, 0) is 21.1 Å². The topological polar surface area (TPSA) is 80.5 Å². The molecule has 1 aromatic rings. The molecule has 1 fully saturated rings. The Morgan fingerprint density at radius 3 is 2.43 bits per heavy atom. The molecule has 128 valence electrons. The van der Waals surface area contributed by atoms with E-state index in [9.17, 15) is 22.0 Å². The number of nitrogens with zero attached hydrogens (tertiary/aromatic N) is 1. The summed E-state index contributed by atoms with van der Waals surface area (Å²) in [5.74, 6) is -3.53. The van der Waals surface area contributed by atoms with Crippen molar-refractivity contribution in [1.82, 2.24) is 4.90 Å². The number of hydrogen-bond donors (Lipinski definition) is 1. The molecule has 1 aliphatic rings. The van der Waals surface area contributed by atoms with Crippen molar-refractivity contribution in [3.8, 4) is 0 Å². The highest BCUT2D eigenvalue weighted by atomic mass is 32.2. The van der Waals surface area contributed by atoms with Crippen molar-refractivity contribution in [1.29, 1.82) is 0 Å². The number of nitrogens with two attached hydrogens (primary N) is 1. The van der Waals surface area contributed by atoms with Crippen LogP contribution >= 0.6 is 0 Å². The van der Waals surface area contributed by atoms with Crippen molar-refractivity contribution in [3.05, 3.63) is 29.8 Å². The van der Waals surface area contributed by atoms with Crippen LogP contribution in [0.3, 0.4) is 0 Å². The monoisotopic (exact) mass is 346 g/mol. The van der Waals surface area contributed by atoms with E-state index in [1.807, 2.05) is 6.92 Å². The van der Waals surface area contributed by atoms with Gasteiger partial charge in [0.25, 0.3) is 0 Å². The molecular weight excluding hydrogens is 326 g/mol. The maximum absolute atomic E-state index is 12.5. The number of likely N-dealkylation sites (tertiary alicyclic amines) is 1. The molecule has 0 spiro atoms. The molecule has 1 aromatic carbocycles. The first-order chi connectivity index (χ1) is 10.7. The molecule has 1 saturated heterocycles. The minimum absolute atomic E-state index is 0.0646. The van der Waals surface area contributed by atoms with Crippen molar-refractivity contribution < 1.29 is 22.0 Å². The lowest BCUT2D eigenvalue weighted by Gasteiger charge is -2.22. The lowest BCUT2D eigenvalue weighted by molar-refractivity contribution is -0.129. The van der Waals surface area contributed by atoms with Gasteiger partial charge in [0.05, 0.1) is 11.3 Å². The summed E-state index contributed by atoms with van der Waals surface area (Å²) in [7, 11) is -4.60. The van der Waals surface area contributed by atoms with Crippen LogP contribution in [-0.4, -0.2) is 44.6 Å². The van der Waals surface area contributed by atoms with Gasteiger partial charge in [-0.3, -0.25) is 4.79 Å². The molecule has 1 amide bonds. The van der Waals surface area contributed by atoms with Gasteiger partial charge in [0.15, 0.2) is 0 Å². The van der Waals surface area contributed by atoms with E-state index in [4.69, 9.17) is 5.73 Å². The molecule has 1 unspecified atom stereocenters. The Balaban J connectivity index is 2.03. The van der Waals surface area contributed by atoms with Gasteiger partial charge in [0.1, 0.15) is 0 Å². The Labute approximate surface area is 134 Å².